The van der Waals surface area contributed by atoms with Gasteiger partial charge in [0.15, 0.2) is 0 Å². The van der Waals surface area contributed by atoms with Crippen molar-refractivity contribution in [3.8, 4) is 5.75 Å². The van der Waals surface area contributed by atoms with Gasteiger partial charge < -0.3 is 9.84 Å². The zero-order chi connectivity index (χ0) is 15.5. The third-order valence-corrected chi connectivity index (χ3v) is 4.48. The van der Waals surface area contributed by atoms with Gasteiger partial charge in [-0.3, -0.25) is 0 Å². The van der Waals surface area contributed by atoms with Crippen LogP contribution in [0.2, 0.25) is 0 Å². The molecule has 1 aliphatic rings. The van der Waals surface area contributed by atoms with Crippen molar-refractivity contribution < 1.29 is 23.1 Å². The average Bonchev–Trinajstić information content (AvgIpc) is 2.73. The van der Waals surface area contributed by atoms with Gasteiger partial charge in [0.2, 0.25) is 0 Å². The molecular weight excluding hydrogens is 296 g/mol. The van der Waals surface area contributed by atoms with Gasteiger partial charge in [-0.05, 0) is 30.3 Å². The van der Waals surface area contributed by atoms with Crippen molar-refractivity contribution in [1.29, 1.82) is 0 Å². The molecule has 1 aromatic carbocycles. The van der Waals surface area contributed by atoms with Gasteiger partial charge in [-0.25, -0.2) is 9.80 Å². The SMILES string of the molecule is COc1ccc(S(=O)(=O)N2C=CC=CCN2C(=O)O)cc1. The summed E-state index contributed by atoms with van der Waals surface area (Å²) < 4.78 is 30.8. The fourth-order valence-electron chi connectivity index (χ4n) is 1.75. The Hall–Kier alpha value is -2.48. The number of hydrogen-bond acceptors (Lipinski definition) is 4. The summed E-state index contributed by atoms with van der Waals surface area (Å²) in [6.07, 6.45) is 4.43. The molecule has 112 valence electrons. The highest BCUT2D eigenvalue weighted by molar-refractivity contribution is 7.89. The number of amides is 1. The van der Waals surface area contributed by atoms with Crippen LogP contribution in [-0.2, 0) is 10.0 Å². The van der Waals surface area contributed by atoms with E-state index in [2.05, 4.69) is 0 Å². The van der Waals surface area contributed by atoms with E-state index in [0.29, 0.717) is 15.2 Å². The number of rotatable bonds is 3. The molecule has 0 saturated carbocycles. The minimum atomic E-state index is -4.01. The highest BCUT2D eigenvalue weighted by Gasteiger charge is 2.30. The second-order valence-electron chi connectivity index (χ2n) is 4.09. The topological polar surface area (TPSA) is 87.2 Å². The predicted octanol–water partition coefficient (Wildman–Crippen LogP) is 1.66. The van der Waals surface area contributed by atoms with Crippen molar-refractivity contribution in [2.75, 3.05) is 13.7 Å². The van der Waals surface area contributed by atoms with Gasteiger partial charge >= 0.3 is 6.09 Å². The van der Waals surface area contributed by atoms with E-state index in [1.54, 1.807) is 12.2 Å². The Kier molecular flexibility index (Phi) is 4.18. The van der Waals surface area contributed by atoms with Crippen molar-refractivity contribution in [3.63, 3.8) is 0 Å². The van der Waals surface area contributed by atoms with E-state index < -0.39 is 16.1 Å². The number of hydrazine groups is 1. The maximum Gasteiger partial charge on any atom is 0.427 e. The normalized spacial score (nSPS) is 14.9. The first-order valence-corrected chi connectivity index (χ1v) is 7.43. The lowest BCUT2D eigenvalue weighted by Crippen LogP contribution is -2.45. The van der Waals surface area contributed by atoms with Gasteiger partial charge in [-0.15, -0.1) is 0 Å². The van der Waals surface area contributed by atoms with Crippen LogP contribution in [-0.4, -0.2) is 42.7 Å². The number of benzene rings is 1. The van der Waals surface area contributed by atoms with E-state index in [1.807, 2.05) is 0 Å². The van der Waals surface area contributed by atoms with Crippen molar-refractivity contribution in [2.24, 2.45) is 0 Å². The fraction of sp³-hybridized carbons (Fsp3) is 0.154. The standard InChI is InChI=1S/C13H14N2O5S/c1-20-11-5-7-12(8-6-11)21(18,19)15-10-4-2-3-9-14(15)13(16)17/h2-8,10H,9H2,1H3,(H,16,17). The molecule has 0 aliphatic carbocycles. The molecular formula is C13H14N2O5S. The lowest BCUT2D eigenvalue weighted by molar-refractivity contribution is 0.0909. The summed E-state index contributed by atoms with van der Waals surface area (Å²) in [5.41, 5.74) is 0. The van der Waals surface area contributed by atoms with Crippen LogP contribution < -0.4 is 4.74 Å². The summed E-state index contributed by atoms with van der Waals surface area (Å²) in [6, 6.07) is 5.72. The average molecular weight is 310 g/mol. The largest absolute Gasteiger partial charge is 0.497 e. The Bertz CT molecular complexity index is 679. The Morgan fingerprint density at radius 3 is 2.48 bits per heavy atom. The number of carboxylic acid groups (broad SMARTS) is 1. The highest BCUT2D eigenvalue weighted by Crippen LogP contribution is 2.22. The maximum absolute atomic E-state index is 12.6. The van der Waals surface area contributed by atoms with Crippen LogP contribution >= 0.6 is 0 Å². The molecule has 1 heterocycles. The molecule has 0 bridgehead atoms. The molecule has 1 aliphatic heterocycles. The van der Waals surface area contributed by atoms with Crippen LogP contribution in [0.15, 0.2) is 53.6 Å². The monoisotopic (exact) mass is 310 g/mol. The van der Waals surface area contributed by atoms with Crippen molar-refractivity contribution in [2.45, 2.75) is 4.90 Å². The maximum atomic E-state index is 12.6. The van der Waals surface area contributed by atoms with Crippen molar-refractivity contribution >= 4 is 16.1 Å². The third-order valence-electron chi connectivity index (χ3n) is 2.80. The predicted molar refractivity (Wildman–Crippen MR) is 75.0 cm³/mol. The molecule has 8 heteroatoms. The van der Waals surface area contributed by atoms with Gasteiger partial charge in [-0.2, -0.15) is 12.8 Å². The molecule has 2 rings (SSSR count). The van der Waals surface area contributed by atoms with Crippen LogP contribution in [0.25, 0.3) is 0 Å². The van der Waals surface area contributed by atoms with Crippen LogP contribution in [0.5, 0.6) is 5.75 Å². The van der Waals surface area contributed by atoms with Gasteiger partial charge in [0.25, 0.3) is 10.0 Å². The zero-order valence-electron chi connectivity index (χ0n) is 11.2. The van der Waals surface area contributed by atoms with Gasteiger partial charge in [0.1, 0.15) is 5.75 Å². The van der Waals surface area contributed by atoms with E-state index in [0.717, 1.165) is 0 Å². The van der Waals surface area contributed by atoms with E-state index in [4.69, 9.17) is 9.84 Å². The van der Waals surface area contributed by atoms with Gasteiger partial charge in [-0.1, -0.05) is 12.2 Å². The van der Waals surface area contributed by atoms with E-state index in [-0.39, 0.29) is 11.4 Å². The van der Waals surface area contributed by atoms with E-state index in [9.17, 15) is 13.2 Å². The number of hydrogen-bond donors (Lipinski definition) is 1. The summed E-state index contributed by atoms with van der Waals surface area (Å²) in [5.74, 6) is 0.511. The summed E-state index contributed by atoms with van der Waals surface area (Å²) in [4.78, 5) is 11.2. The number of carbonyl (C=O) groups is 1. The number of sulfonamides is 1. The first kappa shape index (κ1) is 14.9. The quantitative estimate of drug-likeness (QED) is 0.917. The van der Waals surface area contributed by atoms with Crippen molar-refractivity contribution in [1.82, 2.24) is 9.42 Å². The van der Waals surface area contributed by atoms with Crippen molar-refractivity contribution in [3.05, 3.63) is 48.7 Å². The number of ether oxygens (including phenoxy) is 1. The Labute approximate surface area is 122 Å². The second-order valence-corrected chi connectivity index (χ2v) is 5.88. The molecule has 1 aromatic rings. The van der Waals surface area contributed by atoms with Gasteiger partial charge in [0, 0.05) is 6.20 Å². The molecule has 7 nitrogen and oxygen atoms in total. The highest BCUT2D eigenvalue weighted by atomic mass is 32.2. The third kappa shape index (κ3) is 3.00. The molecule has 0 spiro atoms. The number of methoxy groups -OCH3 is 1. The Morgan fingerprint density at radius 1 is 1.24 bits per heavy atom. The molecule has 21 heavy (non-hydrogen) atoms. The van der Waals surface area contributed by atoms with E-state index in [1.165, 1.54) is 43.7 Å². The Balaban J connectivity index is 2.42. The summed E-state index contributed by atoms with van der Waals surface area (Å²) >= 11 is 0. The molecule has 0 unspecified atom stereocenters. The zero-order valence-corrected chi connectivity index (χ0v) is 12.0. The molecule has 0 radical (unpaired) electrons. The number of nitrogens with zero attached hydrogens (tertiary/aromatic N) is 2. The lowest BCUT2D eigenvalue weighted by atomic mass is 10.3. The smallest absolute Gasteiger partial charge is 0.427 e. The minimum absolute atomic E-state index is 0.0268. The molecule has 0 fully saturated rings. The Morgan fingerprint density at radius 2 is 1.90 bits per heavy atom. The molecule has 0 atom stereocenters. The van der Waals surface area contributed by atoms with Crippen LogP contribution in [0, 0.1) is 0 Å². The summed E-state index contributed by atoms with van der Waals surface area (Å²) in [5, 5.41) is 9.87. The van der Waals surface area contributed by atoms with Crippen LogP contribution in [0.1, 0.15) is 0 Å². The van der Waals surface area contributed by atoms with Gasteiger partial charge in [0.05, 0.1) is 18.6 Å². The van der Waals surface area contributed by atoms with Crippen LogP contribution in [0.4, 0.5) is 4.79 Å². The first-order chi connectivity index (χ1) is 9.96. The summed E-state index contributed by atoms with van der Waals surface area (Å²) in [7, 11) is -2.54. The molecule has 0 saturated heterocycles. The molecule has 0 aromatic heterocycles. The summed E-state index contributed by atoms with van der Waals surface area (Å²) in [6.45, 7) is -0.0578. The minimum Gasteiger partial charge on any atom is -0.497 e. The number of allylic oxidation sites excluding steroid dienone is 2. The first-order valence-electron chi connectivity index (χ1n) is 5.99. The second kappa shape index (κ2) is 5.88. The lowest BCUT2D eigenvalue weighted by Gasteiger charge is -2.29. The molecule has 1 amide bonds. The molecule has 1 N–H and O–H groups in total. The van der Waals surface area contributed by atoms with Crippen LogP contribution in [0.3, 0.4) is 0 Å². The fourth-order valence-corrected chi connectivity index (χ4v) is 3.07. The van der Waals surface area contributed by atoms with E-state index >= 15 is 0 Å².